The number of anilines is 1. The second-order valence-electron chi connectivity index (χ2n) is 8.37. The highest BCUT2D eigenvalue weighted by Gasteiger charge is 2.37. The van der Waals surface area contributed by atoms with Gasteiger partial charge in [-0.3, -0.25) is 19.3 Å². The van der Waals surface area contributed by atoms with E-state index in [2.05, 4.69) is 12.2 Å². The van der Waals surface area contributed by atoms with Gasteiger partial charge in [0.15, 0.2) is 0 Å². The minimum absolute atomic E-state index is 0.00474. The number of ether oxygens (including phenoxy) is 2. The first-order valence-electron chi connectivity index (χ1n) is 11.2. The average molecular weight is 437 g/mol. The van der Waals surface area contributed by atoms with Crippen LogP contribution >= 0.6 is 0 Å². The number of carbonyl (C=O) groups excluding carboxylic acids is 3. The van der Waals surface area contributed by atoms with Crippen molar-refractivity contribution in [2.24, 2.45) is 5.92 Å². The molecule has 1 saturated heterocycles. The molecule has 0 aliphatic carbocycles. The molecule has 0 radical (unpaired) electrons. The SMILES string of the molecule is CCCC(C)C(=O)Nc1ccc(Oc2ccc3c(c2)C(=O)N(CC2CCCO2)C3=O)cc1. The van der Waals surface area contributed by atoms with E-state index in [-0.39, 0.29) is 36.3 Å². The van der Waals surface area contributed by atoms with Crippen molar-refractivity contribution in [2.45, 2.75) is 45.6 Å². The number of fused-ring (bicyclic) bond motifs is 1. The topological polar surface area (TPSA) is 84.9 Å². The van der Waals surface area contributed by atoms with E-state index in [0.717, 1.165) is 25.7 Å². The van der Waals surface area contributed by atoms with Gasteiger partial charge in [-0.25, -0.2) is 0 Å². The molecule has 1 N–H and O–H groups in total. The molecular formula is C25H28N2O5. The normalized spacial score (nSPS) is 18.6. The van der Waals surface area contributed by atoms with E-state index in [1.54, 1.807) is 42.5 Å². The fraction of sp³-hybridized carbons (Fsp3) is 0.400. The van der Waals surface area contributed by atoms with E-state index >= 15 is 0 Å². The van der Waals surface area contributed by atoms with Gasteiger partial charge >= 0.3 is 0 Å². The number of imide groups is 1. The summed E-state index contributed by atoms with van der Waals surface area (Å²) in [6.45, 7) is 4.93. The third-order valence-electron chi connectivity index (χ3n) is 5.88. The molecule has 3 amide bonds. The van der Waals surface area contributed by atoms with Crippen LogP contribution in [0.15, 0.2) is 42.5 Å². The number of nitrogens with one attached hydrogen (secondary N) is 1. The van der Waals surface area contributed by atoms with Crippen LogP contribution < -0.4 is 10.1 Å². The molecule has 2 aliphatic heterocycles. The summed E-state index contributed by atoms with van der Waals surface area (Å²) in [6.07, 6.45) is 3.53. The lowest BCUT2D eigenvalue weighted by Gasteiger charge is -2.17. The third kappa shape index (κ3) is 4.67. The fourth-order valence-electron chi connectivity index (χ4n) is 4.06. The predicted molar refractivity (Wildman–Crippen MR) is 120 cm³/mol. The minimum Gasteiger partial charge on any atom is -0.457 e. The van der Waals surface area contributed by atoms with Gasteiger partial charge in [0.2, 0.25) is 5.91 Å². The van der Waals surface area contributed by atoms with Gasteiger partial charge in [0, 0.05) is 18.2 Å². The van der Waals surface area contributed by atoms with Gasteiger partial charge in [0.25, 0.3) is 11.8 Å². The first-order chi connectivity index (χ1) is 15.5. The molecule has 1 fully saturated rings. The third-order valence-corrected chi connectivity index (χ3v) is 5.88. The predicted octanol–water partition coefficient (Wildman–Crippen LogP) is 4.63. The Morgan fingerprint density at radius 1 is 1.12 bits per heavy atom. The monoisotopic (exact) mass is 436 g/mol. The summed E-state index contributed by atoms with van der Waals surface area (Å²) in [7, 11) is 0. The summed E-state index contributed by atoms with van der Waals surface area (Å²) in [6, 6.07) is 12.0. The molecule has 4 rings (SSSR count). The Bertz CT molecular complexity index is 1010. The van der Waals surface area contributed by atoms with E-state index in [1.807, 2.05) is 6.92 Å². The molecule has 0 aromatic heterocycles. The first kappa shape index (κ1) is 22.0. The maximum atomic E-state index is 12.8. The first-order valence-corrected chi connectivity index (χ1v) is 11.2. The molecule has 2 aromatic carbocycles. The molecule has 2 aromatic rings. The molecule has 7 heteroatoms. The molecule has 2 heterocycles. The van der Waals surface area contributed by atoms with Crippen LogP contribution in [0.3, 0.4) is 0 Å². The van der Waals surface area contributed by atoms with Crippen molar-refractivity contribution in [3.8, 4) is 11.5 Å². The van der Waals surface area contributed by atoms with Gasteiger partial charge in [-0.1, -0.05) is 20.3 Å². The second kappa shape index (κ2) is 9.53. The highest BCUT2D eigenvalue weighted by atomic mass is 16.5. The standard InChI is InChI=1S/C25H28N2O5/c1-3-5-16(2)23(28)26-17-7-9-18(10-8-17)32-19-11-12-21-22(14-19)25(30)27(24(21)29)15-20-6-4-13-31-20/h7-12,14,16,20H,3-6,13,15H2,1-2H3,(H,26,28). The lowest BCUT2D eigenvalue weighted by atomic mass is 10.1. The molecule has 32 heavy (non-hydrogen) atoms. The van der Waals surface area contributed by atoms with Crippen LogP contribution in [0.5, 0.6) is 11.5 Å². The molecule has 0 spiro atoms. The van der Waals surface area contributed by atoms with E-state index in [4.69, 9.17) is 9.47 Å². The summed E-state index contributed by atoms with van der Waals surface area (Å²) >= 11 is 0. The zero-order valence-corrected chi connectivity index (χ0v) is 18.4. The highest BCUT2D eigenvalue weighted by molar-refractivity contribution is 6.21. The largest absolute Gasteiger partial charge is 0.457 e. The number of carbonyl (C=O) groups is 3. The van der Waals surface area contributed by atoms with E-state index in [0.29, 0.717) is 34.9 Å². The molecular weight excluding hydrogens is 408 g/mol. The molecule has 0 bridgehead atoms. The summed E-state index contributed by atoms with van der Waals surface area (Å²) in [4.78, 5) is 38.9. The Morgan fingerprint density at radius 2 is 1.84 bits per heavy atom. The number of benzene rings is 2. The molecule has 2 aliphatic rings. The minimum atomic E-state index is -0.315. The Kier molecular flexibility index (Phi) is 6.55. The van der Waals surface area contributed by atoms with Crippen LogP contribution in [0.2, 0.25) is 0 Å². The van der Waals surface area contributed by atoms with Crippen molar-refractivity contribution in [2.75, 3.05) is 18.5 Å². The van der Waals surface area contributed by atoms with Crippen LogP contribution in [0.1, 0.15) is 60.2 Å². The molecule has 7 nitrogen and oxygen atoms in total. The summed E-state index contributed by atoms with van der Waals surface area (Å²) < 4.78 is 11.5. The van der Waals surface area contributed by atoms with E-state index < -0.39 is 0 Å². The van der Waals surface area contributed by atoms with Gasteiger partial charge in [-0.2, -0.15) is 0 Å². The van der Waals surface area contributed by atoms with Crippen molar-refractivity contribution in [3.05, 3.63) is 53.6 Å². The Balaban J connectivity index is 1.41. The summed E-state index contributed by atoms with van der Waals surface area (Å²) in [5.74, 6) is 0.390. The van der Waals surface area contributed by atoms with Crippen molar-refractivity contribution < 1.29 is 23.9 Å². The number of hydrogen-bond donors (Lipinski definition) is 1. The maximum absolute atomic E-state index is 12.8. The van der Waals surface area contributed by atoms with Crippen molar-refractivity contribution in [3.63, 3.8) is 0 Å². The smallest absolute Gasteiger partial charge is 0.261 e. The number of nitrogens with zero attached hydrogens (tertiary/aromatic N) is 1. The lowest BCUT2D eigenvalue weighted by molar-refractivity contribution is -0.119. The van der Waals surface area contributed by atoms with Crippen molar-refractivity contribution in [1.29, 1.82) is 0 Å². The van der Waals surface area contributed by atoms with Gasteiger partial charge in [0.05, 0.1) is 23.8 Å². The Hall–Kier alpha value is -3.19. The van der Waals surface area contributed by atoms with Crippen LogP contribution in [0.4, 0.5) is 5.69 Å². The summed E-state index contributed by atoms with van der Waals surface area (Å²) in [5, 5.41) is 2.90. The van der Waals surface area contributed by atoms with Gasteiger partial charge in [0.1, 0.15) is 11.5 Å². The number of rotatable bonds is 8. The van der Waals surface area contributed by atoms with Crippen LogP contribution in [0.25, 0.3) is 0 Å². The van der Waals surface area contributed by atoms with Crippen LogP contribution in [-0.4, -0.2) is 41.9 Å². The summed E-state index contributed by atoms with van der Waals surface area (Å²) in [5.41, 5.74) is 1.43. The van der Waals surface area contributed by atoms with Crippen molar-refractivity contribution >= 4 is 23.4 Å². The average Bonchev–Trinajstić information content (AvgIpc) is 3.38. The fourth-order valence-corrected chi connectivity index (χ4v) is 4.06. The van der Waals surface area contributed by atoms with Gasteiger partial charge in [-0.15, -0.1) is 0 Å². The Labute approximate surface area is 187 Å². The molecule has 0 saturated carbocycles. The molecule has 2 atom stereocenters. The number of amides is 3. The maximum Gasteiger partial charge on any atom is 0.261 e. The Morgan fingerprint density at radius 3 is 2.53 bits per heavy atom. The second-order valence-corrected chi connectivity index (χ2v) is 8.37. The van der Waals surface area contributed by atoms with Gasteiger partial charge in [-0.05, 0) is 61.7 Å². The van der Waals surface area contributed by atoms with Gasteiger partial charge < -0.3 is 14.8 Å². The number of hydrogen-bond acceptors (Lipinski definition) is 5. The van der Waals surface area contributed by atoms with Crippen LogP contribution in [-0.2, 0) is 9.53 Å². The quantitative estimate of drug-likeness (QED) is 0.610. The highest BCUT2D eigenvalue weighted by Crippen LogP contribution is 2.31. The van der Waals surface area contributed by atoms with E-state index in [9.17, 15) is 14.4 Å². The van der Waals surface area contributed by atoms with Crippen molar-refractivity contribution in [1.82, 2.24) is 4.90 Å². The molecule has 168 valence electrons. The zero-order valence-electron chi connectivity index (χ0n) is 18.4. The van der Waals surface area contributed by atoms with E-state index in [1.165, 1.54) is 4.90 Å². The molecule has 2 unspecified atom stereocenters. The zero-order chi connectivity index (χ0) is 22.7. The van der Waals surface area contributed by atoms with Crippen LogP contribution in [0, 0.1) is 5.92 Å². The lowest BCUT2D eigenvalue weighted by Crippen LogP contribution is -2.36.